The molecular formula is C15H23N3O2. The van der Waals surface area contributed by atoms with Gasteiger partial charge in [0.25, 0.3) is 0 Å². The molecule has 1 aromatic rings. The van der Waals surface area contributed by atoms with Crippen LogP contribution in [0.5, 0.6) is 0 Å². The first-order valence-corrected chi connectivity index (χ1v) is 7.57. The molecule has 1 amide bonds. The van der Waals surface area contributed by atoms with Crippen LogP contribution in [-0.4, -0.2) is 39.8 Å². The van der Waals surface area contributed by atoms with Crippen molar-refractivity contribution in [3.8, 4) is 0 Å². The van der Waals surface area contributed by atoms with Crippen LogP contribution in [0.4, 0.5) is 0 Å². The van der Waals surface area contributed by atoms with Gasteiger partial charge in [-0.3, -0.25) is 9.48 Å². The minimum atomic E-state index is 0.284. The summed E-state index contributed by atoms with van der Waals surface area (Å²) in [5, 5.41) is 4.18. The fourth-order valence-corrected chi connectivity index (χ4v) is 2.89. The SMILES string of the molecule is Cn1cc(CN(C(=O)C[C@@H]2CCCOC2)C2CC2)cn1. The van der Waals surface area contributed by atoms with Gasteiger partial charge in [-0.05, 0) is 31.6 Å². The number of carbonyl (C=O) groups is 1. The summed E-state index contributed by atoms with van der Waals surface area (Å²) in [7, 11) is 1.91. The summed E-state index contributed by atoms with van der Waals surface area (Å²) < 4.78 is 7.27. The number of amides is 1. The standard InChI is InChI=1S/C15H23N3O2/c1-17-9-13(8-16-17)10-18(14-4-5-14)15(19)7-12-3-2-6-20-11-12/h8-9,12,14H,2-7,10-11H2,1H3/t12-/m0/s1. The summed E-state index contributed by atoms with van der Waals surface area (Å²) in [5.41, 5.74) is 1.12. The summed E-state index contributed by atoms with van der Waals surface area (Å²) in [6.07, 6.45) is 8.98. The molecule has 0 bridgehead atoms. The summed E-state index contributed by atoms with van der Waals surface area (Å²) >= 11 is 0. The van der Waals surface area contributed by atoms with Crippen LogP contribution in [0.25, 0.3) is 0 Å². The molecule has 1 aromatic heterocycles. The average Bonchev–Trinajstić information content (AvgIpc) is 3.20. The Morgan fingerprint density at radius 3 is 2.95 bits per heavy atom. The Bertz CT molecular complexity index is 461. The fraction of sp³-hybridized carbons (Fsp3) is 0.733. The molecule has 2 heterocycles. The monoisotopic (exact) mass is 277 g/mol. The third kappa shape index (κ3) is 3.39. The Morgan fingerprint density at radius 2 is 2.35 bits per heavy atom. The van der Waals surface area contributed by atoms with Crippen LogP contribution in [0.3, 0.4) is 0 Å². The maximum Gasteiger partial charge on any atom is 0.223 e. The molecule has 0 aromatic carbocycles. The van der Waals surface area contributed by atoms with Gasteiger partial charge in [-0.15, -0.1) is 0 Å². The van der Waals surface area contributed by atoms with E-state index in [0.717, 1.165) is 44.5 Å². The van der Waals surface area contributed by atoms with Gasteiger partial charge in [0, 0.05) is 51.0 Å². The number of ether oxygens (including phenoxy) is 1. The number of nitrogens with zero attached hydrogens (tertiary/aromatic N) is 3. The molecule has 5 nitrogen and oxygen atoms in total. The molecule has 2 fully saturated rings. The van der Waals surface area contributed by atoms with Crippen molar-refractivity contribution in [2.45, 2.75) is 44.7 Å². The molecule has 0 N–H and O–H groups in total. The highest BCUT2D eigenvalue weighted by Crippen LogP contribution is 2.30. The highest BCUT2D eigenvalue weighted by molar-refractivity contribution is 5.77. The Labute approximate surface area is 119 Å². The van der Waals surface area contributed by atoms with E-state index in [0.29, 0.717) is 24.9 Å². The van der Waals surface area contributed by atoms with Crippen molar-refractivity contribution < 1.29 is 9.53 Å². The van der Waals surface area contributed by atoms with E-state index >= 15 is 0 Å². The molecule has 3 rings (SSSR count). The first-order valence-electron chi connectivity index (χ1n) is 7.57. The van der Waals surface area contributed by atoms with Crippen LogP contribution < -0.4 is 0 Å². The van der Waals surface area contributed by atoms with Crippen molar-refractivity contribution in [2.24, 2.45) is 13.0 Å². The van der Waals surface area contributed by atoms with Crippen LogP contribution >= 0.6 is 0 Å². The van der Waals surface area contributed by atoms with Crippen LogP contribution in [0.2, 0.25) is 0 Å². The second-order valence-corrected chi connectivity index (χ2v) is 6.06. The van der Waals surface area contributed by atoms with Gasteiger partial charge in [-0.1, -0.05) is 0 Å². The largest absolute Gasteiger partial charge is 0.381 e. The van der Waals surface area contributed by atoms with Gasteiger partial charge >= 0.3 is 0 Å². The summed E-state index contributed by atoms with van der Waals surface area (Å²) in [6, 6.07) is 0.451. The van der Waals surface area contributed by atoms with Gasteiger partial charge < -0.3 is 9.64 Å². The summed E-state index contributed by atoms with van der Waals surface area (Å²) in [4.78, 5) is 14.6. The molecular weight excluding hydrogens is 254 g/mol. The molecule has 1 aliphatic heterocycles. The Hall–Kier alpha value is -1.36. The fourth-order valence-electron chi connectivity index (χ4n) is 2.89. The van der Waals surface area contributed by atoms with Gasteiger partial charge in [0.1, 0.15) is 0 Å². The second-order valence-electron chi connectivity index (χ2n) is 6.06. The predicted octanol–water partition coefficient (Wildman–Crippen LogP) is 1.73. The molecule has 2 aliphatic rings. The molecule has 1 saturated heterocycles. The van der Waals surface area contributed by atoms with Crippen molar-refractivity contribution in [3.05, 3.63) is 18.0 Å². The predicted molar refractivity (Wildman–Crippen MR) is 74.9 cm³/mol. The van der Waals surface area contributed by atoms with Gasteiger partial charge in [-0.2, -0.15) is 5.10 Å². The second kappa shape index (κ2) is 5.95. The number of carbonyl (C=O) groups excluding carboxylic acids is 1. The molecule has 0 unspecified atom stereocenters. The molecule has 0 radical (unpaired) electrons. The van der Waals surface area contributed by atoms with Crippen molar-refractivity contribution in [1.82, 2.24) is 14.7 Å². The number of aryl methyl sites for hydroxylation is 1. The summed E-state index contributed by atoms with van der Waals surface area (Å²) in [6.45, 7) is 2.30. The van der Waals surface area contributed by atoms with E-state index in [2.05, 4.69) is 5.10 Å². The van der Waals surface area contributed by atoms with E-state index in [1.165, 1.54) is 0 Å². The molecule has 1 aliphatic carbocycles. The third-order valence-corrected chi connectivity index (χ3v) is 4.14. The lowest BCUT2D eigenvalue weighted by atomic mass is 9.98. The number of hydrogen-bond acceptors (Lipinski definition) is 3. The van der Waals surface area contributed by atoms with E-state index in [4.69, 9.17) is 4.74 Å². The maximum atomic E-state index is 12.5. The molecule has 1 atom stereocenters. The van der Waals surface area contributed by atoms with Crippen molar-refractivity contribution >= 4 is 5.91 Å². The Balaban J connectivity index is 1.59. The van der Waals surface area contributed by atoms with Gasteiger partial charge in [0.15, 0.2) is 0 Å². The van der Waals surface area contributed by atoms with Crippen LogP contribution in [0.1, 0.15) is 37.7 Å². The highest BCUT2D eigenvalue weighted by Gasteiger charge is 2.33. The smallest absolute Gasteiger partial charge is 0.223 e. The zero-order valence-electron chi connectivity index (χ0n) is 12.1. The maximum absolute atomic E-state index is 12.5. The van der Waals surface area contributed by atoms with Crippen molar-refractivity contribution in [2.75, 3.05) is 13.2 Å². The van der Waals surface area contributed by atoms with E-state index in [1.54, 1.807) is 4.68 Å². The minimum absolute atomic E-state index is 0.284. The average molecular weight is 277 g/mol. The lowest BCUT2D eigenvalue weighted by molar-refractivity contribution is -0.134. The van der Waals surface area contributed by atoms with Gasteiger partial charge in [-0.25, -0.2) is 0 Å². The lowest BCUT2D eigenvalue weighted by Crippen LogP contribution is -2.35. The Morgan fingerprint density at radius 1 is 1.50 bits per heavy atom. The molecule has 20 heavy (non-hydrogen) atoms. The van der Waals surface area contributed by atoms with E-state index in [-0.39, 0.29) is 5.91 Å². The topological polar surface area (TPSA) is 47.4 Å². The van der Waals surface area contributed by atoms with E-state index in [9.17, 15) is 4.79 Å². The van der Waals surface area contributed by atoms with Crippen LogP contribution in [0.15, 0.2) is 12.4 Å². The third-order valence-electron chi connectivity index (χ3n) is 4.14. The zero-order chi connectivity index (χ0) is 13.9. The first kappa shape index (κ1) is 13.6. The van der Waals surface area contributed by atoms with Gasteiger partial charge in [0.2, 0.25) is 5.91 Å². The number of aromatic nitrogens is 2. The van der Waals surface area contributed by atoms with E-state index in [1.807, 2.05) is 24.3 Å². The van der Waals surface area contributed by atoms with Gasteiger partial charge in [0.05, 0.1) is 6.20 Å². The van der Waals surface area contributed by atoms with Crippen LogP contribution in [0, 0.1) is 5.92 Å². The van der Waals surface area contributed by atoms with Crippen molar-refractivity contribution in [3.63, 3.8) is 0 Å². The summed E-state index contributed by atoms with van der Waals surface area (Å²) in [5.74, 6) is 0.693. The number of rotatable bonds is 5. The molecule has 5 heteroatoms. The molecule has 110 valence electrons. The van der Waals surface area contributed by atoms with Crippen LogP contribution in [-0.2, 0) is 23.1 Å². The molecule has 1 saturated carbocycles. The van der Waals surface area contributed by atoms with Crippen molar-refractivity contribution in [1.29, 1.82) is 0 Å². The highest BCUT2D eigenvalue weighted by atomic mass is 16.5. The lowest BCUT2D eigenvalue weighted by Gasteiger charge is -2.26. The minimum Gasteiger partial charge on any atom is -0.381 e. The molecule has 0 spiro atoms. The quantitative estimate of drug-likeness (QED) is 0.823. The Kier molecular flexibility index (Phi) is 4.05. The first-order chi connectivity index (χ1) is 9.72. The normalized spacial score (nSPS) is 22.8. The number of hydrogen-bond donors (Lipinski definition) is 0. The zero-order valence-corrected chi connectivity index (χ0v) is 12.1. The van der Waals surface area contributed by atoms with E-state index < -0.39 is 0 Å².